The number of halogens is 3. The molecule has 6 nitrogen and oxygen atoms in total. The number of aromatic nitrogens is 1. The van der Waals surface area contributed by atoms with E-state index in [1.54, 1.807) is 21.3 Å². The molecule has 45 heavy (non-hydrogen) atoms. The van der Waals surface area contributed by atoms with Gasteiger partial charge < -0.3 is 23.8 Å². The molecular formula is C36H41Br3N2O4+2. The maximum Gasteiger partial charge on any atom is 0.213 e. The van der Waals surface area contributed by atoms with Crippen LogP contribution in [0.25, 0.3) is 10.9 Å². The summed E-state index contributed by atoms with van der Waals surface area (Å²) < 4.78 is 21.9. The summed E-state index contributed by atoms with van der Waals surface area (Å²) in [6.45, 7) is 7.66. The van der Waals surface area contributed by atoms with Crippen LogP contribution in [-0.4, -0.2) is 50.1 Å². The van der Waals surface area contributed by atoms with Crippen LogP contribution in [0.2, 0.25) is 0 Å². The summed E-state index contributed by atoms with van der Waals surface area (Å²) in [6.07, 6.45) is 5.69. The van der Waals surface area contributed by atoms with Gasteiger partial charge in [0, 0.05) is 56.5 Å². The molecule has 0 spiro atoms. The number of nitrogens with zero attached hydrogens (tertiary/aromatic N) is 2. The van der Waals surface area contributed by atoms with Gasteiger partial charge in [-0.15, -0.1) is 23.6 Å². The molecule has 5 atom stereocenters. The van der Waals surface area contributed by atoms with Crippen molar-refractivity contribution in [2.45, 2.75) is 38.1 Å². The fourth-order valence-corrected chi connectivity index (χ4v) is 8.31. The molecule has 4 aromatic rings. The zero-order valence-corrected chi connectivity index (χ0v) is 30.8. The highest BCUT2D eigenvalue weighted by Crippen LogP contribution is 2.48. The fraction of sp³-hybridized carbons (Fsp3) is 0.361. The molecular weight excluding hydrogens is 764 g/mol. The second-order valence-corrected chi connectivity index (χ2v) is 13.9. The van der Waals surface area contributed by atoms with Crippen LogP contribution in [0.15, 0.2) is 88.5 Å². The molecule has 3 saturated heterocycles. The monoisotopic (exact) mass is 802 g/mol. The maximum atomic E-state index is 12.4. The third kappa shape index (κ3) is 6.57. The van der Waals surface area contributed by atoms with Crippen molar-refractivity contribution < 1.29 is 28.4 Å². The zero-order chi connectivity index (χ0) is 31.0. The van der Waals surface area contributed by atoms with Crippen LogP contribution in [-0.2, 0) is 13.1 Å². The number of fused-ring (bicyclic) bond motifs is 4. The molecule has 4 heterocycles. The molecule has 7 rings (SSSR count). The Morgan fingerprint density at radius 3 is 2.22 bits per heavy atom. The minimum Gasteiger partial charge on any atom is -0.497 e. The third-order valence-corrected chi connectivity index (χ3v) is 11.5. The lowest BCUT2D eigenvalue weighted by Crippen LogP contribution is -2.67. The number of hydrogen-bond donors (Lipinski definition) is 1. The van der Waals surface area contributed by atoms with E-state index in [1.807, 2.05) is 24.3 Å². The van der Waals surface area contributed by atoms with Gasteiger partial charge in [-0.2, -0.15) is 4.57 Å². The van der Waals surface area contributed by atoms with Gasteiger partial charge in [-0.1, -0.05) is 37.9 Å². The van der Waals surface area contributed by atoms with Gasteiger partial charge in [0.1, 0.15) is 35.9 Å². The largest absolute Gasteiger partial charge is 0.497 e. The molecule has 0 radical (unpaired) electrons. The summed E-state index contributed by atoms with van der Waals surface area (Å²) in [5, 5.41) is 13.4. The lowest BCUT2D eigenvalue weighted by atomic mass is 9.71. The Balaban J connectivity index is 0.00000400. The Labute approximate surface area is 293 Å². The van der Waals surface area contributed by atoms with Crippen molar-refractivity contribution in [2.75, 3.05) is 34.4 Å². The molecule has 1 unspecified atom stereocenters. The van der Waals surface area contributed by atoms with E-state index in [4.69, 9.17) is 14.2 Å². The van der Waals surface area contributed by atoms with Gasteiger partial charge in [0.2, 0.25) is 5.52 Å². The first-order valence-corrected chi connectivity index (χ1v) is 16.7. The van der Waals surface area contributed by atoms with E-state index in [-0.39, 0.29) is 23.0 Å². The van der Waals surface area contributed by atoms with Crippen molar-refractivity contribution >= 4 is 59.7 Å². The summed E-state index contributed by atoms with van der Waals surface area (Å²) in [5.41, 5.74) is 4.29. The van der Waals surface area contributed by atoms with Gasteiger partial charge in [-0.3, -0.25) is 0 Å². The van der Waals surface area contributed by atoms with Crippen molar-refractivity contribution in [2.24, 2.45) is 11.8 Å². The number of ether oxygens (including phenoxy) is 3. The van der Waals surface area contributed by atoms with Gasteiger partial charge >= 0.3 is 0 Å². The molecule has 9 heteroatoms. The van der Waals surface area contributed by atoms with E-state index in [1.165, 1.54) is 5.56 Å². The number of aliphatic hydroxyl groups is 1. The van der Waals surface area contributed by atoms with Crippen molar-refractivity contribution in [3.63, 3.8) is 0 Å². The van der Waals surface area contributed by atoms with Crippen molar-refractivity contribution in [1.82, 2.24) is 0 Å². The zero-order valence-electron chi connectivity index (χ0n) is 25.9. The summed E-state index contributed by atoms with van der Waals surface area (Å²) in [7, 11) is 5.08. The Morgan fingerprint density at radius 1 is 0.933 bits per heavy atom. The summed E-state index contributed by atoms with van der Waals surface area (Å²) in [5.74, 6) is 3.40. The molecule has 3 aromatic carbocycles. The van der Waals surface area contributed by atoms with Crippen LogP contribution >= 0.6 is 48.8 Å². The van der Waals surface area contributed by atoms with Gasteiger partial charge in [0.15, 0.2) is 12.7 Å². The van der Waals surface area contributed by atoms with Crippen molar-refractivity contribution in [3.05, 3.63) is 105 Å². The van der Waals surface area contributed by atoms with Gasteiger partial charge in [-0.05, 0) is 54.4 Å². The second-order valence-electron chi connectivity index (χ2n) is 12.2. The van der Waals surface area contributed by atoms with E-state index < -0.39 is 6.10 Å². The topological polar surface area (TPSA) is 51.8 Å². The highest BCUT2D eigenvalue weighted by molar-refractivity contribution is 9.10. The standard InChI is InChI=1S/C36H40Br2N2O4.BrH/c1-5-23-21-40(22-26-17-28(43-3)7-10-33(26)38)15-13-24(23)18-35(40)36(41)30-12-14-39(34-11-8-29(44-4)19-31(30)34)20-25-16-27(42-2)6-9-32(25)37;/h5-12,14,16-17,19,23-24,35-36,41H,1,13,15,18,20-22H2,2-4H3;1H/q+2;/t23-,24-,35+,36?,40-;/m0./s1. The number of benzene rings is 3. The summed E-state index contributed by atoms with van der Waals surface area (Å²) in [6, 6.07) is 20.5. The number of hydrogen-bond acceptors (Lipinski definition) is 4. The molecule has 0 amide bonds. The average Bonchev–Trinajstić information content (AvgIpc) is 3.06. The number of pyridine rings is 1. The Bertz CT molecular complexity index is 1700. The molecule has 0 saturated carbocycles. The van der Waals surface area contributed by atoms with Gasteiger partial charge in [0.05, 0.1) is 39.8 Å². The van der Waals surface area contributed by atoms with Crippen molar-refractivity contribution in [1.29, 1.82) is 0 Å². The second kappa shape index (κ2) is 14.1. The van der Waals surface area contributed by atoms with Crippen LogP contribution in [0.5, 0.6) is 17.2 Å². The molecule has 0 aliphatic carbocycles. The number of rotatable bonds is 10. The lowest BCUT2D eigenvalue weighted by molar-refractivity contribution is -0.985. The van der Waals surface area contributed by atoms with Crippen LogP contribution in [0.4, 0.5) is 0 Å². The van der Waals surface area contributed by atoms with Crippen LogP contribution in [0.3, 0.4) is 0 Å². The minimum atomic E-state index is -0.652. The molecule has 3 aliphatic rings. The number of aliphatic hydroxyl groups excluding tert-OH is 1. The van der Waals surface area contributed by atoms with Crippen LogP contribution in [0.1, 0.15) is 35.6 Å². The molecule has 3 aliphatic heterocycles. The normalized spacial score (nSPS) is 22.8. The fourth-order valence-electron chi connectivity index (χ4n) is 7.57. The van der Waals surface area contributed by atoms with E-state index in [2.05, 4.69) is 91.7 Å². The quantitative estimate of drug-likeness (QED) is 0.101. The highest BCUT2D eigenvalue weighted by Gasteiger charge is 2.54. The first-order chi connectivity index (χ1) is 21.3. The first kappa shape index (κ1) is 33.9. The predicted molar refractivity (Wildman–Crippen MR) is 190 cm³/mol. The van der Waals surface area contributed by atoms with E-state index >= 15 is 0 Å². The van der Waals surface area contributed by atoms with Crippen LogP contribution < -0.4 is 18.8 Å². The highest BCUT2D eigenvalue weighted by atomic mass is 79.9. The number of piperidine rings is 3. The van der Waals surface area contributed by atoms with E-state index in [9.17, 15) is 5.11 Å². The summed E-state index contributed by atoms with van der Waals surface area (Å²) in [4.78, 5) is 0. The predicted octanol–water partition coefficient (Wildman–Crippen LogP) is 7.95. The molecule has 3 fully saturated rings. The third-order valence-electron chi connectivity index (χ3n) is 9.95. The SMILES string of the molecule is Br.C=C[C@H]1C[N@+]2(Cc3cc(OC)ccc3Br)CC[C@H]1C[C@@H]2C(O)c1cc[n+](Cc2cc(OC)ccc2Br)c2ccc(OC)cc12. The lowest BCUT2D eigenvalue weighted by Gasteiger charge is -2.58. The Hall–Kier alpha value is -2.43. The summed E-state index contributed by atoms with van der Waals surface area (Å²) >= 11 is 7.53. The van der Waals surface area contributed by atoms with E-state index in [0.29, 0.717) is 18.4 Å². The molecule has 1 aromatic heterocycles. The molecule has 238 valence electrons. The Morgan fingerprint density at radius 2 is 1.56 bits per heavy atom. The van der Waals surface area contributed by atoms with E-state index in [0.717, 1.165) is 85.2 Å². The first-order valence-electron chi connectivity index (χ1n) is 15.1. The van der Waals surface area contributed by atoms with Gasteiger partial charge in [-0.25, -0.2) is 0 Å². The smallest absolute Gasteiger partial charge is 0.213 e. The molecule has 2 bridgehead atoms. The van der Waals surface area contributed by atoms with Crippen LogP contribution in [0, 0.1) is 11.8 Å². The minimum absolute atomic E-state index is 0. The molecule has 1 N–H and O–H groups in total. The number of methoxy groups -OCH3 is 3. The Kier molecular flexibility index (Phi) is 10.7. The van der Waals surface area contributed by atoms with Gasteiger partial charge in [0.25, 0.3) is 0 Å². The number of quaternary nitrogens is 1. The maximum absolute atomic E-state index is 12.4. The average molecular weight is 805 g/mol. The van der Waals surface area contributed by atoms with Crippen molar-refractivity contribution in [3.8, 4) is 17.2 Å².